The number of nitriles is 1. The van der Waals surface area contributed by atoms with E-state index in [0.29, 0.717) is 19.3 Å². The van der Waals surface area contributed by atoms with Crippen molar-refractivity contribution in [2.24, 2.45) is 5.92 Å². The highest BCUT2D eigenvalue weighted by Gasteiger charge is 2.13. The Morgan fingerprint density at radius 1 is 1.83 bits per heavy atom. The summed E-state index contributed by atoms with van der Waals surface area (Å²) in [5.74, 6) is -0.536. The van der Waals surface area contributed by atoms with Crippen molar-refractivity contribution in [3.05, 3.63) is 12.7 Å². The molecule has 3 heteroatoms. The second-order valence-electron chi connectivity index (χ2n) is 2.42. The van der Waals surface area contributed by atoms with Gasteiger partial charge in [0.05, 0.1) is 19.1 Å². The number of hydrogen-bond acceptors (Lipinski definition) is 3. The number of ether oxygens (including phenoxy) is 1. The molecule has 66 valence electrons. The number of methoxy groups -OCH3 is 1. The van der Waals surface area contributed by atoms with Crippen LogP contribution >= 0.6 is 0 Å². The standard InChI is InChI=1S/C9H13NO2/c1-3-8(9(11)12-2)6-4-5-7-10/h3,8H,1,4-6H2,2H3. The first-order valence-electron chi connectivity index (χ1n) is 3.83. The van der Waals surface area contributed by atoms with Gasteiger partial charge in [0, 0.05) is 6.42 Å². The van der Waals surface area contributed by atoms with E-state index in [-0.39, 0.29) is 11.9 Å². The minimum absolute atomic E-state index is 0.261. The molecule has 1 unspecified atom stereocenters. The van der Waals surface area contributed by atoms with Crippen molar-refractivity contribution in [3.8, 4) is 6.07 Å². The molecular formula is C9H13NO2. The molecule has 0 aliphatic rings. The highest BCUT2D eigenvalue weighted by molar-refractivity contribution is 5.74. The summed E-state index contributed by atoms with van der Waals surface area (Å²) in [5, 5.41) is 8.26. The molecule has 0 aromatic rings. The number of rotatable bonds is 5. The number of esters is 1. The number of hydrogen-bond donors (Lipinski definition) is 0. The van der Waals surface area contributed by atoms with Crippen molar-refractivity contribution in [2.45, 2.75) is 19.3 Å². The fourth-order valence-corrected chi connectivity index (χ4v) is 0.884. The maximum Gasteiger partial charge on any atom is 0.312 e. The Morgan fingerprint density at radius 3 is 2.92 bits per heavy atom. The summed E-state index contributed by atoms with van der Waals surface area (Å²) in [6.07, 6.45) is 3.39. The van der Waals surface area contributed by atoms with Gasteiger partial charge >= 0.3 is 5.97 Å². The summed E-state index contributed by atoms with van der Waals surface area (Å²) in [7, 11) is 1.35. The van der Waals surface area contributed by atoms with E-state index in [0.717, 1.165) is 0 Å². The largest absolute Gasteiger partial charge is 0.469 e. The fraction of sp³-hybridized carbons (Fsp3) is 0.556. The van der Waals surface area contributed by atoms with Crippen LogP contribution in [0.25, 0.3) is 0 Å². The third-order valence-electron chi connectivity index (χ3n) is 1.59. The van der Waals surface area contributed by atoms with Crippen molar-refractivity contribution in [2.75, 3.05) is 7.11 Å². The molecule has 0 fully saturated rings. The predicted molar refractivity (Wildman–Crippen MR) is 45.2 cm³/mol. The molecule has 1 atom stereocenters. The van der Waals surface area contributed by atoms with Gasteiger partial charge in [0.1, 0.15) is 0 Å². The van der Waals surface area contributed by atoms with E-state index in [2.05, 4.69) is 11.3 Å². The van der Waals surface area contributed by atoms with E-state index in [1.54, 1.807) is 6.08 Å². The summed E-state index contributed by atoms with van der Waals surface area (Å²) in [6, 6.07) is 2.02. The first-order chi connectivity index (χ1) is 5.76. The predicted octanol–water partition coefficient (Wildman–Crippen LogP) is 1.66. The third kappa shape index (κ3) is 3.77. The molecule has 3 nitrogen and oxygen atoms in total. The summed E-state index contributed by atoms with van der Waals surface area (Å²) in [5.41, 5.74) is 0. The molecule has 0 rings (SSSR count). The first kappa shape index (κ1) is 10.7. The second-order valence-corrected chi connectivity index (χ2v) is 2.42. The average Bonchev–Trinajstić information content (AvgIpc) is 2.11. The van der Waals surface area contributed by atoms with E-state index in [1.807, 2.05) is 6.07 Å². The SMILES string of the molecule is C=CC(CCCC#N)C(=O)OC. The van der Waals surface area contributed by atoms with Crippen molar-refractivity contribution in [1.29, 1.82) is 5.26 Å². The van der Waals surface area contributed by atoms with Gasteiger partial charge in [0.25, 0.3) is 0 Å². The molecule has 0 aromatic heterocycles. The lowest BCUT2D eigenvalue weighted by Gasteiger charge is -2.07. The zero-order valence-electron chi connectivity index (χ0n) is 7.25. The van der Waals surface area contributed by atoms with Gasteiger partial charge in [-0.25, -0.2) is 0 Å². The number of carbonyl (C=O) groups is 1. The molecule has 0 aliphatic heterocycles. The lowest BCUT2D eigenvalue weighted by atomic mass is 10.0. The number of nitrogens with zero attached hydrogens (tertiary/aromatic N) is 1. The zero-order valence-corrected chi connectivity index (χ0v) is 7.25. The van der Waals surface area contributed by atoms with Gasteiger partial charge < -0.3 is 4.74 Å². The summed E-state index contributed by atoms with van der Waals surface area (Å²) in [6.45, 7) is 3.53. The Balaban J connectivity index is 3.77. The molecular weight excluding hydrogens is 154 g/mol. The molecule has 0 spiro atoms. The summed E-state index contributed by atoms with van der Waals surface area (Å²) >= 11 is 0. The van der Waals surface area contributed by atoms with Gasteiger partial charge in [0.15, 0.2) is 0 Å². The molecule has 0 aromatic carbocycles. The number of unbranched alkanes of at least 4 members (excludes halogenated alkanes) is 1. The molecule has 0 heterocycles. The quantitative estimate of drug-likeness (QED) is 0.355. The Kier molecular flexibility index (Phi) is 5.72. The van der Waals surface area contributed by atoms with Crippen LogP contribution in [0, 0.1) is 17.2 Å². The van der Waals surface area contributed by atoms with Crippen LogP contribution in [0.5, 0.6) is 0 Å². The Bertz CT molecular complexity index is 193. The Morgan fingerprint density at radius 2 is 2.50 bits per heavy atom. The van der Waals surface area contributed by atoms with E-state index in [1.165, 1.54) is 7.11 Å². The number of carbonyl (C=O) groups excluding carboxylic acids is 1. The summed E-state index contributed by atoms with van der Waals surface area (Å²) < 4.78 is 4.54. The monoisotopic (exact) mass is 167 g/mol. The molecule has 0 saturated carbocycles. The lowest BCUT2D eigenvalue weighted by molar-refractivity contribution is -0.143. The van der Waals surface area contributed by atoms with Crippen LogP contribution in [0.3, 0.4) is 0 Å². The maximum atomic E-state index is 11.0. The van der Waals surface area contributed by atoms with Crippen molar-refractivity contribution in [3.63, 3.8) is 0 Å². The topological polar surface area (TPSA) is 50.1 Å². The second kappa shape index (κ2) is 6.41. The van der Waals surface area contributed by atoms with Crippen LogP contribution in [-0.2, 0) is 9.53 Å². The Hall–Kier alpha value is -1.30. The minimum atomic E-state index is -0.275. The van der Waals surface area contributed by atoms with Crippen molar-refractivity contribution < 1.29 is 9.53 Å². The zero-order chi connectivity index (χ0) is 9.40. The first-order valence-corrected chi connectivity index (χ1v) is 3.83. The van der Waals surface area contributed by atoms with Crippen LogP contribution in [0.1, 0.15) is 19.3 Å². The molecule has 12 heavy (non-hydrogen) atoms. The van der Waals surface area contributed by atoms with Gasteiger partial charge in [-0.2, -0.15) is 5.26 Å². The highest BCUT2D eigenvalue weighted by atomic mass is 16.5. The van der Waals surface area contributed by atoms with Crippen LogP contribution in [0.15, 0.2) is 12.7 Å². The van der Waals surface area contributed by atoms with Gasteiger partial charge in [-0.15, -0.1) is 6.58 Å². The molecule has 0 bridgehead atoms. The van der Waals surface area contributed by atoms with Crippen molar-refractivity contribution in [1.82, 2.24) is 0 Å². The normalized spacial score (nSPS) is 11.3. The van der Waals surface area contributed by atoms with Crippen molar-refractivity contribution >= 4 is 5.97 Å². The van der Waals surface area contributed by atoms with E-state index in [4.69, 9.17) is 5.26 Å². The molecule has 0 saturated heterocycles. The third-order valence-corrected chi connectivity index (χ3v) is 1.59. The smallest absolute Gasteiger partial charge is 0.312 e. The lowest BCUT2D eigenvalue weighted by Crippen LogP contribution is -2.13. The van der Waals surface area contributed by atoms with Gasteiger partial charge in [-0.3, -0.25) is 4.79 Å². The minimum Gasteiger partial charge on any atom is -0.469 e. The summed E-state index contributed by atoms with van der Waals surface area (Å²) in [4.78, 5) is 11.0. The van der Waals surface area contributed by atoms with Gasteiger partial charge in [-0.1, -0.05) is 6.08 Å². The Labute approximate surface area is 72.6 Å². The van der Waals surface area contributed by atoms with Crippen LogP contribution in [-0.4, -0.2) is 13.1 Å². The van der Waals surface area contributed by atoms with Crippen LogP contribution in [0.2, 0.25) is 0 Å². The van der Waals surface area contributed by atoms with Crippen LogP contribution in [0.4, 0.5) is 0 Å². The van der Waals surface area contributed by atoms with E-state index >= 15 is 0 Å². The molecule has 0 N–H and O–H groups in total. The van der Waals surface area contributed by atoms with Crippen LogP contribution < -0.4 is 0 Å². The van der Waals surface area contributed by atoms with E-state index < -0.39 is 0 Å². The van der Waals surface area contributed by atoms with Gasteiger partial charge in [0.2, 0.25) is 0 Å². The molecule has 0 aliphatic carbocycles. The fourth-order valence-electron chi connectivity index (χ4n) is 0.884. The van der Waals surface area contributed by atoms with Gasteiger partial charge in [-0.05, 0) is 12.8 Å². The van der Waals surface area contributed by atoms with E-state index in [9.17, 15) is 4.79 Å². The molecule has 0 amide bonds. The molecule has 0 radical (unpaired) electrons. The average molecular weight is 167 g/mol. The highest BCUT2D eigenvalue weighted by Crippen LogP contribution is 2.10. The maximum absolute atomic E-state index is 11.0.